The Bertz CT molecular complexity index is 977. The van der Waals surface area contributed by atoms with Crippen LogP contribution in [0.2, 0.25) is 0 Å². The Morgan fingerprint density at radius 3 is 2.67 bits per heavy atom. The third-order valence-electron chi connectivity index (χ3n) is 6.03. The van der Waals surface area contributed by atoms with Crippen LogP contribution in [0.15, 0.2) is 36.4 Å². The van der Waals surface area contributed by atoms with Crippen molar-refractivity contribution in [1.82, 2.24) is 18.5 Å². The second-order valence-electron chi connectivity index (χ2n) is 8.04. The first-order valence-corrected chi connectivity index (χ1v) is 11.2. The average Bonchev–Trinajstić information content (AvgIpc) is 3.25. The summed E-state index contributed by atoms with van der Waals surface area (Å²) < 4.78 is 19.5. The van der Waals surface area contributed by atoms with Crippen LogP contribution in [-0.2, 0) is 13.0 Å². The molecule has 1 saturated heterocycles. The molecule has 2 aromatic carbocycles. The van der Waals surface area contributed by atoms with E-state index < -0.39 is 0 Å². The molecule has 0 N–H and O–H groups in total. The zero-order valence-electron chi connectivity index (χ0n) is 18.0. The second-order valence-corrected chi connectivity index (χ2v) is 8.57. The molecule has 0 spiro atoms. The number of fused-ring (bicyclic) bond motifs is 1. The molecule has 0 bridgehead atoms. The molecule has 7 heteroatoms. The highest BCUT2D eigenvalue weighted by molar-refractivity contribution is 7.00. The zero-order valence-corrected chi connectivity index (χ0v) is 18.8. The van der Waals surface area contributed by atoms with E-state index in [1.54, 1.807) is 14.2 Å². The Balaban J connectivity index is 1.32. The molecule has 160 valence electrons. The minimum Gasteiger partial charge on any atom is -0.493 e. The third-order valence-corrected chi connectivity index (χ3v) is 6.59. The molecule has 1 aromatic heterocycles. The fourth-order valence-electron chi connectivity index (χ4n) is 4.24. The van der Waals surface area contributed by atoms with Gasteiger partial charge in [0, 0.05) is 25.7 Å². The van der Waals surface area contributed by atoms with Crippen LogP contribution >= 0.6 is 11.7 Å². The lowest BCUT2D eigenvalue weighted by molar-refractivity contribution is 0.112. The Morgan fingerprint density at radius 1 is 1.03 bits per heavy atom. The number of piperidine rings is 1. The number of likely N-dealkylation sites (N-methyl/N-ethyl adjacent to an activating group) is 1. The van der Waals surface area contributed by atoms with Gasteiger partial charge >= 0.3 is 0 Å². The first kappa shape index (κ1) is 21.0. The van der Waals surface area contributed by atoms with Gasteiger partial charge in [0.1, 0.15) is 11.0 Å². The predicted molar refractivity (Wildman–Crippen MR) is 122 cm³/mol. The molecule has 0 saturated carbocycles. The number of nitrogens with zero attached hydrogens (tertiary/aromatic N) is 4. The molecular weight excluding hydrogens is 396 g/mol. The van der Waals surface area contributed by atoms with Crippen LogP contribution in [0.3, 0.4) is 0 Å². The number of benzene rings is 2. The van der Waals surface area contributed by atoms with Crippen molar-refractivity contribution in [2.24, 2.45) is 0 Å². The minimum atomic E-state index is 0.587. The molecular formula is C23H30N4O2S. The Kier molecular flexibility index (Phi) is 6.82. The van der Waals surface area contributed by atoms with Crippen molar-refractivity contribution < 1.29 is 9.47 Å². The van der Waals surface area contributed by atoms with Crippen molar-refractivity contribution in [2.75, 3.05) is 40.9 Å². The Labute approximate surface area is 182 Å². The molecule has 1 aliphatic rings. The van der Waals surface area contributed by atoms with Crippen molar-refractivity contribution in [3.63, 3.8) is 0 Å². The maximum atomic E-state index is 5.44. The van der Waals surface area contributed by atoms with E-state index in [2.05, 4.69) is 55.9 Å². The quantitative estimate of drug-likeness (QED) is 0.545. The van der Waals surface area contributed by atoms with Gasteiger partial charge in [0.25, 0.3) is 0 Å². The lowest BCUT2D eigenvalue weighted by atomic mass is 10.0. The average molecular weight is 427 g/mol. The molecule has 1 aliphatic heterocycles. The van der Waals surface area contributed by atoms with Crippen molar-refractivity contribution in [3.05, 3.63) is 47.5 Å². The van der Waals surface area contributed by atoms with Gasteiger partial charge in [0.05, 0.1) is 25.9 Å². The van der Waals surface area contributed by atoms with Crippen LogP contribution < -0.4 is 9.47 Å². The van der Waals surface area contributed by atoms with Crippen LogP contribution in [0, 0.1) is 0 Å². The summed E-state index contributed by atoms with van der Waals surface area (Å²) in [6.07, 6.45) is 3.50. The van der Waals surface area contributed by atoms with E-state index in [0.717, 1.165) is 55.1 Å². The van der Waals surface area contributed by atoms with E-state index >= 15 is 0 Å². The molecule has 0 amide bonds. The van der Waals surface area contributed by atoms with E-state index in [1.807, 2.05) is 6.07 Å². The van der Waals surface area contributed by atoms with E-state index in [4.69, 9.17) is 9.47 Å². The van der Waals surface area contributed by atoms with Gasteiger partial charge in [-0.2, -0.15) is 8.75 Å². The third kappa shape index (κ3) is 4.91. The van der Waals surface area contributed by atoms with E-state index in [1.165, 1.54) is 35.7 Å². The number of rotatable bonds is 8. The van der Waals surface area contributed by atoms with Gasteiger partial charge in [-0.15, -0.1) is 0 Å². The molecule has 3 aromatic rings. The molecule has 4 rings (SSSR count). The SMILES string of the molecule is COc1ccc(CCN(C)[C@@H]2CCCN(Cc3ccc4nsnc4c3)C2)cc1OC. The molecule has 0 aliphatic carbocycles. The highest BCUT2D eigenvalue weighted by atomic mass is 32.1. The summed E-state index contributed by atoms with van der Waals surface area (Å²) in [6, 6.07) is 13.3. The van der Waals surface area contributed by atoms with Crippen molar-refractivity contribution in [3.8, 4) is 11.5 Å². The van der Waals surface area contributed by atoms with Gasteiger partial charge in [-0.05, 0) is 68.2 Å². The number of methoxy groups -OCH3 is 2. The second kappa shape index (κ2) is 9.73. The molecule has 30 heavy (non-hydrogen) atoms. The summed E-state index contributed by atoms with van der Waals surface area (Å²) in [5.74, 6) is 1.58. The molecule has 0 unspecified atom stereocenters. The summed E-state index contributed by atoms with van der Waals surface area (Å²) in [7, 11) is 5.61. The van der Waals surface area contributed by atoms with Gasteiger partial charge in [-0.25, -0.2) is 0 Å². The Hall–Kier alpha value is -2.22. The lowest BCUT2D eigenvalue weighted by Crippen LogP contribution is -2.46. The minimum absolute atomic E-state index is 0.587. The van der Waals surface area contributed by atoms with Crippen LogP contribution in [0.1, 0.15) is 24.0 Å². The van der Waals surface area contributed by atoms with E-state index in [9.17, 15) is 0 Å². The van der Waals surface area contributed by atoms with Crippen LogP contribution in [0.5, 0.6) is 11.5 Å². The van der Waals surface area contributed by atoms with Crippen LogP contribution in [0.25, 0.3) is 11.0 Å². The fourth-order valence-corrected chi connectivity index (χ4v) is 4.76. The number of ether oxygens (including phenoxy) is 2. The van der Waals surface area contributed by atoms with Gasteiger partial charge in [-0.1, -0.05) is 12.1 Å². The zero-order chi connectivity index (χ0) is 20.9. The van der Waals surface area contributed by atoms with Gasteiger partial charge in [0.2, 0.25) is 0 Å². The highest BCUT2D eigenvalue weighted by Crippen LogP contribution is 2.28. The summed E-state index contributed by atoms with van der Waals surface area (Å²) in [5.41, 5.74) is 4.61. The summed E-state index contributed by atoms with van der Waals surface area (Å²) >= 11 is 1.28. The normalized spacial score (nSPS) is 17.5. The summed E-state index contributed by atoms with van der Waals surface area (Å²) in [6.45, 7) is 4.28. The number of likely N-dealkylation sites (tertiary alicyclic amines) is 1. The smallest absolute Gasteiger partial charge is 0.160 e. The molecule has 2 heterocycles. The molecule has 0 radical (unpaired) electrons. The highest BCUT2D eigenvalue weighted by Gasteiger charge is 2.23. The number of hydrogen-bond acceptors (Lipinski definition) is 7. The van der Waals surface area contributed by atoms with Crippen molar-refractivity contribution >= 4 is 22.8 Å². The predicted octanol–water partition coefficient (Wildman–Crippen LogP) is 3.85. The van der Waals surface area contributed by atoms with Gasteiger partial charge in [-0.3, -0.25) is 4.90 Å². The summed E-state index contributed by atoms with van der Waals surface area (Å²) in [5, 5.41) is 0. The van der Waals surface area contributed by atoms with Crippen molar-refractivity contribution in [1.29, 1.82) is 0 Å². The van der Waals surface area contributed by atoms with Crippen LogP contribution in [-0.4, -0.2) is 65.5 Å². The first-order chi connectivity index (χ1) is 14.7. The largest absolute Gasteiger partial charge is 0.493 e. The summed E-state index contributed by atoms with van der Waals surface area (Å²) in [4.78, 5) is 5.08. The standard InChI is InChI=1S/C23H30N4O2S/c1-26(12-10-17-7-9-22(28-2)23(14-17)29-3)19-5-4-11-27(16-19)15-18-6-8-20-21(13-18)25-30-24-20/h6-9,13-14,19H,4-5,10-12,15-16H2,1-3H3/t19-/m1/s1. The van der Waals surface area contributed by atoms with Crippen molar-refractivity contribution in [2.45, 2.75) is 31.8 Å². The molecule has 1 fully saturated rings. The van der Waals surface area contributed by atoms with E-state index in [0.29, 0.717) is 6.04 Å². The first-order valence-electron chi connectivity index (χ1n) is 10.5. The van der Waals surface area contributed by atoms with Gasteiger partial charge in [0.15, 0.2) is 11.5 Å². The monoisotopic (exact) mass is 426 g/mol. The molecule has 1 atom stereocenters. The number of hydrogen-bond donors (Lipinski definition) is 0. The maximum absolute atomic E-state index is 5.44. The van der Waals surface area contributed by atoms with Gasteiger partial charge < -0.3 is 14.4 Å². The lowest BCUT2D eigenvalue weighted by Gasteiger charge is -2.37. The topological polar surface area (TPSA) is 50.7 Å². The van der Waals surface area contributed by atoms with E-state index in [-0.39, 0.29) is 0 Å². The number of aromatic nitrogens is 2. The fraction of sp³-hybridized carbons (Fsp3) is 0.478. The maximum Gasteiger partial charge on any atom is 0.160 e. The Morgan fingerprint density at radius 2 is 1.83 bits per heavy atom. The van der Waals surface area contributed by atoms with Crippen LogP contribution in [0.4, 0.5) is 0 Å². The molecule has 6 nitrogen and oxygen atoms in total.